The standard InChI is InChI=1S/C12H14N4/c1-5-12(3,4)15-11-7-9(2)6-10-13-8-14-16(10)11/h1,6-8,15H,2-4H3. The zero-order valence-corrected chi connectivity index (χ0v) is 9.65. The highest BCUT2D eigenvalue weighted by atomic mass is 15.3. The van der Waals surface area contributed by atoms with Crippen LogP contribution in [0, 0.1) is 19.3 Å². The van der Waals surface area contributed by atoms with Gasteiger partial charge in [-0.2, -0.15) is 9.61 Å². The molecule has 0 amide bonds. The minimum Gasteiger partial charge on any atom is -0.354 e. The van der Waals surface area contributed by atoms with Crippen LogP contribution in [0.25, 0.3) is 5.65 Å². The van der Waals surface area contributed by atoms with E-state index >= 15 is 0 Å². The topological polar surface area (TPSA) is 42.2 Å². The predicted molar refractivity (Wildman–Crippen MR) is 64.3 cm³/mol. The molecule has 0 aliphatic rings. The molecule has 0 saturated heterocycles. The molecule has 0 saturated carbocycles. The Bertz CT molecular complexity index is 560. The number of anilines is 1. The Labute approximate surface area is 94.7 Å². The van der Waals surface area contributed by atoms with Crippen LogP contribution in [0.4, 0.5) is 5.82 Å². The average Bonchev–Trinajstić information content (AvgIpc) is 2.65. The normalized spacial score (nSPS) is 11.4. The van der Waals surface area contributed by atoms with Gasteiger partial charge in [-0.3, -0.25) is 0 Å². The summed E-state index contributed by atoms with van der Waals surface area (Å²) >= 11 is 0. The zero-order valence-electron chi connectivity index (χ0n) is 9.65. The van der Waals surface area contributed by atoms with Crippen molar-refractivity contribution in [1.82, 2.24) is 14.6 Å². The molecule has 0 aliphatic carbocycles. The molecule has 16 heavy (non-hydrogen) atoms. The molecular weight excluding hydrogens is 200 g/mol. The van der Waals surface area contributed by atoms with Crippen molar-refractivity contribution in [3.63, 3.8) is 0 Å². The summed E-state index contributed by atoms with van der Waals surface area (Å²) in [7, 11) is 0. The van der Waals surface area contributed by atoms with Gasteiger partial charge in [0, 0.05) is 0 Å². The maximum absolute atomic E-state index is 5.45. The fraction of sp³-hybridized carbons (Fsp3) is 0.333. The van der Waals surface area contributed by atoms with Gasteiger partial charge in [0.25, 0.3) is 0 Å². The van der Waals surface area contributed by atoms with E-state index in [0.29, 0.717) is 0 Å². The van der Waals surface area contributed by atoms with Crippen LogP contribution in [-0.4, -0.2) is 20.1 Å². The van der Waals surface area contributed by atoms with Crippen LogP contribution in [0.1, 0.15) is 19.4 Å². The summed E-state index contributed by atoms with van der Waals surface area (Å²) in [6.07, 6.45) is 6.98. The molecule has 4 nitrogen and oxygen atoms in total. The van der Waals surface area contributed by atoms with Crippen molar-refractivity contribution in [2.75, 3.05) is 5.32 Å². The van der Waals surface area contributed by atoms with Gasteiger partial charge < -0.3 is 5.32 Å². The third-order valence-corrected chi connectivity index (χ3v) is 2.32. The summed E-state index contributed by atoms with van der Waals surface area (Å²) in [6.45, 7) is 5.90. The molecule has 0 bridgehead atoms. The SMILES string of the molecule is C#CC(C)(C)Nc1cc(C)cc2ncnn12. The van der Waals surface area contributed by atoms with E-state index in [0.717, 1.165) is 17.0 Å². The molecule has 0 aliphatic heterocycles. The number of aryl methyl sites for hydroxylation is 1. The van der Waals surface area contributed by atoms with E-state index < -0.39 is 5.54 Å². The van der Waals surface area contributed by atoms with Gasteiger partial charge in [0.1, 0.15) is 12.1 Å². The lowest BCUT2D eigenvalue weighted by atomic mass is 10.1. The molecule has 2 aromatic heterocycles. The Morgan fingerprint density at radius 1 is 1.44 bits per heavy atom. The molecule has 0 fully saturated rings. The molecular formula is C12H14N4. The number of nitrogens with zero attached hydrogens (tertiary/aromatic N) is 3. The second-order valence-corrected chi connectivity index (χ2v) is 4.34. The highest BCUT2D eigenvalue weighted by Crippen LogP contribution is 2.17. The van der Waals surface area contributed by atoms with Gasteiger partial charge >= 0.3 is 0 Å². The highest BCUT2D eigenvalue weighted by molar-refractivity contribution is 5.53. The molecule has 2 aromatic rings. The Morgan fingerprint density at radius 2 is 2.19 bits per heavy atom. The lowest BCUT2D eigenvalue weighted by Crippen LogP contribution is -2.29. The largest absolute Gasteiger partial charge is 0.354 e. The summed E-state index contributed by atoms with van der Waals surface area (Å²) in [5.41, 5.74) is 1.53. The smallest absolute Gasteiger partial charge is 0.157 e. The highest BCUT2D eigenvalue weighted by Gasteiger charge is 2.15. The van der Waals surface area contributed by atoms with Crippen LogP contribution in [0.15, 0.2) is 18.5 Å². The fourth-order valence-corrected chi connectivity index (χ4v) is 1.50. The monoisotopic (exact) mass is 214 g/mol. The van der Waals surface area contributed by atoms with E-state index in [1.54, 1.807) is 4.52 Å². The molecule has 2 heterocycles. The fourth-order valence-electron chi connectivity index (χ4n) is 1.50. The first-order chi connectivity index (χ1) is 7.52. The van der Waals surface area contributed by atoms with E-state index in [1.807, 2.05) is 32.9 Å². The number of aromatic nitrogens is 3. The summed E-state index contributed by atoms with van der Waals surface area (Å²) in [5, 5.41) is 7.41. The Hall–Kier alpha value is -2.02. The van der Waals surface area contributed by atoms with Crippen molar-refractivity contribution >= 4 is 11.5 Å². The maximum atomic E-state index is 5.45. The number of terminal acetylenes is 1. The molecule has 82 valence electrons. The van der Waals surface area contributed by atoms with Crippen LogP contribution >= 0.6 is 0 Å². The zero-order chi connectivity index (χ0) is 11.8. The van der Waals surface area contributed by atoms with Gasteiger partial charge in [0.05, 0.1) is 5.54 Å². The van der Waals surface area contributed by atoms with Crippen LogP contribution in [0.3, 0.4) is 0 Å². The first-order valence-corrected chi connectivity index (χ1v) is 5.08. The van der Waals surface area contributed by atoms with E-state index in [4.69, 9.17) is 6.42 Å². The third kappa shape index (κ3) is 1.84. The van der Waals surface area contributed by atoms with E-state index in [2.05, 4.69) is 21.3 Å². The van der Waals surface area contributed by atoms with E-state index in [9.17, 15) is 0 Å². The van der Waals surface area contributed by atoms with Gasteiger partial charge in [-0.05, 0) is 38.5 Å². The van der Waals surface area contributed by atoms with Gasteiger partial charge in [0.2, 0.25) is 0 Å². The number of pyridine rings is 1. The van der Waals surface area contributed by atoms with Gasteiger partial charge in [-0.15, -0.1) is 6.42 Å². The summed E-state index contributed by atoms with van der Waals surface area (Å²) < 4.78 is 1.74. The first-order valence-electron chi connectivity index (χ1n) is 5.08. The predicted octanol–water partition coefficient (Wildman–Crippen LogP) is 1.86. The van der Waals surface area contributed by atoms with Crippen molar-refractivity contribution in [2.45, 2.75) is 26.3 Å². The molecule has 0 atom stereocenters. The van der Waals surface area contributed by atoms with Crippen molar-refractivity contribution in [3.8, 4) is 12.3 Å². The molecule has 0 spiro atoms. The van der Waals surface area contributed by atoms with Crippen molar-refractivity contribution in [2.24, 2.45) is 0 Å². The molecule has 2 rings (SSSR count). The molecule has 0 aromatic carbocycles. The van der Waals surface area contributed by atoms with Crippen molar-refractivity contribution in [3.05, 3.63) is 24.0 Å². The lowest BCUT2D eigenvalue weighted by Gasteiger charge is -2.21. The van der Waals surface area contributed by atoms with Gasteiger partial charge in [-0.25, -0.2) is 4.98 Å². The molecule has 4 heteroatoms. The number of rotatable bonds is 2. The number of nitrogens with one attached hydrogen (secondary N) is 1. The Morgan fingerprint density at radius 3 is 2.88 bits per heavy atom. The van der Waals surface area contributed by atoms with Gasteiger partial charge in [-0.1, -0.05) is 5.92 Å². The molecule has 0 radical (unpaired) electrons. The summed E-state index contributed by atoms with van der Waals surface area (Å²) in [5.74, 6) is 3.55. The van der Waals surface area contributed by atoms with E-state index in [1.165, 1.54) is 6.33 Å². The van der Waals surface area contributed by atoms with Crippen LogP contribution in [0.2, 0.25) is 0 Å². The van der Waals surface area contributed by atoms with Crippen LogP contribution in [-0.2, 0) is 0 Å². The summed E-state index contributed by atoms with van der Waals surface area (Å²) in [4.78, 5) is 4.16. The Balaban J connectivity index is 2.52. The lowest BCUT2D eigenvalue weighted by molar-refractivity contribution is 0.726. The van der Waals surface area contributed by atoms with E-state index in [-0.39, 0.29) is 0 Å². The second-order valence-electron chi connectivity index (χ2n) is 4.34. The van der Waals surface area contributed by atoms with Crippen LogP contribution in [0.5, 0.6) is 0 Å². The third-order valence-electron chi connectivity index (χ3n) is 2.32. The number of fused-ring (bicyclic) bond motifs is 1. The van der Waals surface area contributed by atoms with Crippen molar-refractivity contribution < 1.29 is 0 Å². The number of hydrogen-bond donors (Lipinski definition) is 1. The second kappa shape index (κ2) is 3.53. The Kier molecular flexibility index (Phi) is 2.31. The minimum atomic E-state index is -0.410. The molecule has 1 N–H and O–H groups in total. The average molecular weight is 214 g/mol. The molecule has 0 unspecified atom stereocenters. The number of hydrogen-bond acceptors (Lipinski definition) is 3. The summed E-state index contributed by atoms with van der Waals surface area (Å²) in [6, 6.07) is 3.97. The quantitative estimate of drug-likeness (QED) is 0.776. The maximum Gasteiger partial charge on any atom is 0.157 e. The first kappa shape index (κ1) is 10.5. The van der Waals surface area contributed by atoms with Crippen LogP contribution < -0.4 is 5.32 Å². The van der Waals surface area contributed by atoms with Crippen molar-refractivity contribution in [1.29, 1.82) is 0 Å². The minimum absolute atomic E-state index is 0.410. The van der Waals surface area contributed by atoms with Gasteiger partial charge in [0.15, 0.2) is 5.65 Å².